The number of pyridine rings is 1. The summed E-state index contributed by atoms with van der Waals surface area (Å²) in [6, 6.07) is 13.0. The van der Waals surface area contributed by atoms with E-state index in [4.69, 9.17) is 14.2 Å². The smallest absolute Gasteiger partial charge is 0.230 e. The Hall–Kier alpha value is -2.93. The van der Waals surface area contributed by atoms with E-state index in [9.17, 15) is 4.79 Å². The fourth-order valence-corrected chi connectivity index (χ4v) is 3.89. The Labute approximate surface area is 206 Å². The summed E-state index contributed by atoms with van der Waals surface area (Å²) in [5, 5.41) is 3.81. The van der Waals surface area contributed by atoms with E-state index in [1.54, 1.807) is 13.3 Å². The van der Waals surface area contributed by atoms with E-state index in [1.807, 2.05) is 49.4 Å². The van der Waals surface area contributed by atoms with Gasteiger partial charge in [0.15, 0.2) is 11.5 Å². The molecule has 2 aromatic carbocycles. The SMILES string of the molecule is COc1cc2c(Oc3ccc(NC(=O)C4(C)CC4)cc3)ccnc2cc1OCCCCCCS. The lowest BCUT2D eigenvalue weighted by Crippen LogP contribution is -2.21. The second-order valence-corrected chi connectivity index (χ2v) is 9.40. The number of rotatable bonds is 12. The third kappa shape index (κ3) is 5.95. The van der Waals surface area contributed by atoms with Crippen molar-refractivity contribution in [2.24, 2.45) is 5.41 Å². The Morgan fingerprint density at radius 2 is 1.79 bits per heavy atom. The first-order valence-corrected chi connectivity index (χ1v) is 12.5. The van der Waals surface area contributed by atoms with Crippen LogP contribution in [0.2, 0.25) is 0 Å². The molecule has 1 amide bonds. The molecule has 7 heteroatoms. The van der Waals surface area contributed by atoms with Gasteiger partial charge in [0.05, 0.1) is 19.2 Å². The van der Waals surface area contributed by atoms with E-state index in [1.165, 1.54) is 0 Å². The number of carbonyl (C=O) groups excluding carboxylic acids is 1. The average Bonchev–Trinajstić information content (AvgIpc) is 3.61. The van der Waals surface area contributed by atoms with Crippen LogP contribution in [0.4, 0.5) is 5.69 Å². The van der Waals surface area contributed by atoms with Crippen molar-refractivity contribution in [3.8, 4) is 23.0 Å². The third-order valence-corrected chi connectivity index (χ3v) is 6.50. The van der Waals surface area contributed by atoms with Crippen LogP contribution in [0.5, 0.6) is 23.0 Å². The van der Waals surface area contributed by atoms with Crippen molar-refractivity contribution in [2.75, 3.05) is 24.8 Å². The summed E-state index contributed by atoms with van der Waals surface area (Å²) in [4.78, 5) is 16.7. The molecule has 0 radical (unpaired) electrons. The van der Waals surface area contributed by atoms with E-state index in [2.05, 4.69) is 22.9 Å². The predicted molar refractivity (Wildman–Crippen MR) is 139 cm³/mol. The lowest BCUT2D eigenvalue weighted by molar-refractivity contribution is -0.120. The number of unbranched alkanes of at least 4 members (excludes halogenated alkanes) is 3. The molecule has 34 heavy (non-hydrogen) atoms. The van der Waals surface area contributed by atoms with Crippen LogP contribution in [0.25, 0.3) is 10.9 Å². The molecule has 0 saturated heterocycles. The maximum atomic E-state index is 12.3. The van der Waals surface area contributed by atoms with Gasteiger partial charge in [-0.25, -0.2) is 0 Å². The lowest BCUT2D eigenvalue weighted by atomic mass is 10.1. The van der Waals surface area contributed by atoms with Gasteiger partial charge >= 0.3 is 0 Å². The second-order valence-electron chi connectivity index (χ2n) is 8.96. The first-order valence-electron chi connectivity index (χ1n) is 11.8. The molecule has 1 heterocycles. The maximum Gasteiger partial charge on any atom is 0.230 e. The normalized spacial score (nSPS) is 14.0. The van der Waals surface area contributed by atoms with Gasteiger partial charge in [0, 0.05) is 28.8 Å². The first kappa shape index (κ1) is 24.2. The number of nitrogens with zero attached hydrogens (tertiary/aromatic N) is 1. The van der Waals surface area contributed by atoms with Gasteiger partial charge in [-0.2, -0.15) is 12.6 Å². The molecule has 1 aromatic heterocycles. The molecule has 1 aliphatic rings. The van der Waals surface area contributed by atoms with Crippen LogP contribution in [0.3, 0.4) is 0 Å². The number of thiol groups is 1. The van der Waals surface area contributed by atoms with Gasteiger partial charge in [0.1, 0.15) is 11.5 Å². The monoisotopic (exact) mass is 480 g/mol. The summed E-state index contributed by atoms with van der Waals surface area (Å²) in [6.45, 7) is 2.62. The van der Waals surface area contributed by atoms with Gasteiger partial charge < -0.3 is 19.5 Å². The zero-order chi connectivity index (χ0) is 24.0. The van der Waals surface area contributed by atoms with E-state index in [0.717, 1.165) is 60.9 Å². The number of benzene rings is 2. The number of carbonyl (C=O) groups is 1. The minimum absolute atomic E-state index is 0.0732. The molecule has 1 fully saturated rings. The molecule has 0 bridgehead atoms. The Morgan fingerprint density at radius 3 is 2.50 bits per heavy atom. The summed E-state index contributed by atoms with van der Waals surface area (Å²) in [5.41, 5.74) is 1.32. The Bertz CT molecular complexity index is 1130. The third-order valence-electron chi connectivity index (χ3n) is 6.19. The fourth-order valence-electron chi connectivity index (χ4n) is 3.67. The number of fused-ring (bicyclic) bond motifs is 1. The number of nitrogens with one attached hydrogen (secondary N) is 1. The predicted octanol–water partition coefficient (Wildman–Crippen LogP) is 6.64. The number of hydrogen-bond acceptors (Lipinski definition) is 6. The number of amides is 1. The average molecular weight is 481 g/mol. The Balaban J connectivity index is 1.44. The molecule has 180 valence electrons. The summed E-state index contributed by atoms with van der Waals surface area (Å²) >= 11 is 4.25. The van der Waals surface area contributed by atoms with Crippen LogP contribution >= 0.6 is 12.6 Å². The molecule has 0 atom stereocenters. The highest BCUT2D eigenvalue weighted by Gasteiger charge is 2.44. The number of hydrogen-bond donors (Lipinski definition) is 2. The highest BCUT2D eigenvalue weighted by molar-refractivity contribution is 7.80. The Kier molecular flexibility index (Phi) is 7.83. The van der Waals surface area contributed by atoms with Crippen molar-refractivity contribution in [1.82, 2.24) is 4.98 Å². The highest BCUT2D eigenvalue weighted by Crippen LogP contribution is 2.45. The molecule has 6 nitrogen and oxygen atoms in total. The van der Waals surface area contributed by atoms with E-state index < -0.39 is 0 Å². The fraction of sp³-hybridized carbons (Fsp3) is 0.407. The summed E-state index contributed by atoms with van der Waals surface area (Å²) < 4.78 is 17.7. The molecular formula is C27H32N2O4S. The van der Waals surface area contributed by atoms with Crippen molar-refractivity contribution in [1.29, 1.82) is 0 Å². The molecule has 0 unspecified atom stereocenters. The van der Waals surface area contributed by atoms with Crippen molar-refractivity contribution in [3.63, 3.8) is 0 Å². The maximum absolute atomic E-state index is 12.3. The second kappa shape index (κ2) is 11.0. The van der Waals surface area contributed by atoms with Crippen molar-refractivity contribution in [2.45, 2.75) is 45.4 Å². The van der Waals surface area contributed by atoms with Crippen LogP contribution in [-0.2, 0) is 4.79 Å². The first-order chi connectivity index (χ1) is 16.5. The van der Waals surface area contributed by atoms with Crippen LogP contribution in [0.15, 0.2) is 48.7 Å². The molecule has 3 aromatic rings. The number of aromatic nitrogens is 1. The highest BCUT2D eigenvalue weighted by atomic mass is 32.1. The van der Waals surface area contributed by atoms with Crippen LogP contribution in [-0.4, -0.2) is 30.4 Å². The molecule has 4 rings (SSSR count). The summed E-state index contributed by atoms with van der Waals surface area (Å²) in [6.07, 6.45) is 8.01. The molecule has 1 saturated carbocycles. The van der Waals surface area contributed by atoms with Crippen molar-refractivity contribution >= 4 is 35.1 Å². The zero-order valence-electron chi connectivity index (χ0n) is 19.8. The minimum atomic E-state index is -0.209. The van der Waals surface area contributed by atoms with Crippen LogP contribution in [0.1, 0.15) is 45.4 Å². The minimum Gasteiger partial charge on any atom is -0.493 e. The number of anilines is 1. The zero-order valence-corrected chi connectivity index (χ0v) is 20.7. The van der Waals surface area contributed by atoms with Gasteiger partial charge in [-0.05, 0) is 67.8 Å². The Morgan fingerprint density at radius 1 is 1.03 bits per heavy atom. The number of ether oxygens (including phenoxy) is 3. The van der Waals surface area contributed by atoms with E-state index in [0.29, 0.717) is 29.6 Å². The van der Waals surface area contributed by atoms with Crippen LogP contribution < -0.4 is 19.5 Å². The standard InChI is InChI=1S/C27H32N2O4S/c1-27(12-13-27)26(30)29-19-7-9-20(10-8-19)33-23-11-14-28-22-18-25(24(31-2)17-21(22)23)32-15-5-3-4-6-16-34/h7-11,14,17-18,34H,3-6,12-13,15-16H2,1-2H3,(H,29,30). The topological polar surface area (TPSA) is 69.7 Å². The lowest BCUT2D eigenvalue weighted by Gasteiger charge is -2.14. The van der Waals surface area contributed by atoms with Crippen LogP contribution in [0, 0.1) is 5.41 Å². The molecule has 1 aliphatic carbocycles. The molecule has 1 N–H and O–H groups in total. The summed E-state index contributed by atoms with van der Waals surface area (Å²) in [7, 11) is 1.63. The molecule has 0 aliphatic heterocycles. The van der Waals surface area contributed by atoms with Gasteiger partial charge in [0.25, 0.3) is 0 Å². The van der Waals surface area contributed by atoms with Crippen molar-refractivity contribution < 1.29 is 19.0 Å². The summed E-state index contributed by atoms with van der Waals surface area (Å²) in [5.74, 6) is 3.66. The number of methoxy groups -OCH3 is 1. The van der Waals surface area contributed by atoms with Gasteiger partial charge in [-0.15, -0.1) is 0 Å². The van der Waals surface area contributed by atoms with Gasteiger partial charge in [-0.3, -0.25) is 9.78 Å². The van der Waals surface area contributed by atoms with Crippen molar-refractivity contribution in [3.05, 3.63) is 48.7 Å². The quantitative estimate of drug-likeness (QED) is 0.225. The van der Waals surface area contributed by atoms with E-state index in [-0.39, 0.29) is 11.3 Å². The van der Waals surface area contributed by atoms with E-state index >= 15 is 0 Å². The molecular weight excluding hydrogens is 448 g/mol. The van der Waals surface area contributed by atoms with Gasteiger partial charge in [-0.1, -0.05) is 19.8 Å². The van der Waals surface area contributed by atoms with Gasteiger partial charge in [0.2, 0.25) is 5.91 Å². The molecule has 0 spiro atoms. The largest absolute Gasteiger partial charge is 0.493 e.